The smallest absolute Gasteiger partial charge is 0.403 e. The number of halogens is 4. The van der Waals surface area contributed by atoms with E-state index in [-0.39, 0.29) is 5.69 Å². The highest BCUT2D eigenvalue weighted by Gasteiger charge is 2.32. The van der Waals surface area contributed by atoms with Gasteiger partial charge in [-0.05, 0) is 18.2 Å². The zero-order valence-corrected chi connectivity index (χ0v) is 9.71. The molecule has 1 aromatic carbocycles. The van der Waals surface area contributed by atoms with Crippen LogP contribution in [0.25, 0.3) is 0 Å². The number of aliphatic imine (C=N–C) groups is 1. The summed E-state index contributed by atoms with van der Waals surface area (Å²) >= 11 is 3.00. The largest absolute Gasteiger partial charge is 0.573 e. The summed E-state index contributed by atoms with van der Waals surface area (Å²) in [4.78, 5) is 3.49. The van der Waals surface area contributed by atoms with Gasteiger partial charge in [0.2, 0.25) is 5.96 Å². The predicted octanol–water partition coefficient (Wildman–Crippen LogP) is 2.27. The molecule has 0 unspecified atom stereocenters. The molecule has 0 spiro atoms. The van der Waals surface area contributed by atoms with E-state index in [9.17, 15) is 13.2 Å². The first kappa shape index (κ1) is 13.6. The molecule has 94 valence electrons. The van der Waals surface area contributed by atoms with Crippen molar-refractivity contribution < 1.29 is 23.1 Å². The molecule has 0 aliphatic heterocycles. The SMILES string of the molecule is NC(=Nc1ccc(Br)cc1OC(F)(F)F)NO. The molecule has 0 bridgehead atoms. The van der Waals surface area contributed by atoms with E-state index in [0.717, 1.165) is 6.07 Å². The summed E-state index contributed by atoms with van der Waals surface area (Å²) in [6.45, 7) is 0. The van der Waals surface area contributed by atoms with Gasteiger partial charge < -0.3 is 10.5 Å². The van der Waals surface area contributed by atoms with Crippen molar-refractivity contribution in [3.63, 3.8) is 0 Å². The maximum atomic E-state index is 12.1. The van der Waals surface area contributed by atoms with E-state index in [1.807, 2.05) is 0 Å². The summed E-state index contributed by atoms with van der Waals surface area (Å²) in [6, 6.07) is 3.78. The molecule has 0 aromatic heterocycles. The second-order valence-corrected chi connectivity index (χ2v) is 3.68. The van der Waals surface area contributed by atoms with Gasteiger partial charge in [0.1, 0.15) is 5.69 Å². The van der Waals surface area contributed by atoms with Crippen LogP contribution in [0.3, 0.4) is 0 Å². The summed E-state index contributed by atoms with van der Waals surface area (Å²) in [7, 11) is 0. The number of guanidine groups is 1. The molecule has 0 atom stereocenters. The molecular formula is C8H7BrF3N3O2. The van der Waals surface area contributed by atoms with Crippen LogP contribution in [0.2, 0.25) is 0 Å². The predicted molar refractivity (Wildman–Crippen MR) is 57.0 cm³/mol. The Morgan fingerprint density at radius 3 is 2.65 bits per heavy atom. The number of hydrogen-bond donors (Lipinski definition) is 3. The van der Waals surface area contributed by atoms with Crippen LogP contribution in [-0.4, -0.2) is 17.5 Å². The summed E-state index contributed by atoms with van der Waals surface area (Å²) in [5, 5.41) is 8.40. The molecule has 0 heterocycles. The van der Waals surface area contributed by atoms with Crippen molar-refractivity contribution in [3.05, 3.63) is 22.7 Å². The Kier molecular flexibility index (Phi) is 4.18. The van der Waals surface area contributed by atoms with Crippen LogP contribution >= 0.6 is 15.9 Å². The monoisotopic (exact) mass is 313 g/mol. The van der Waals surface area contributed by atoms with Crippen LogP contribution in [0, 0.1) is 0 Å². The van der Waals surface area contributed by atoms with Gasteiger partial charge >= 0.3 is 6.36 Å². The summed E-state index contributed by atoms with van der Waals surface area (Å²) < 4.78 is 40.4. The molecule has 4 N–H and O–H groups in total. The quantitative estimate of drug-likeness (QED) is 0.444. The van der Waals surface area contributed by atoms with Gasteiger partial charge in [-0.2, -0.15) is 0 Å². The molecule has 0 amide bonds. The Morgan fingerprint density at radius 2 is 2.12 bits per heavy atom. The number of ether oxygens (including phenoxy) is 1. The summed E-state index contributed by atoms with van der Waals surface area (Å²) in [6.07, 6.45) is -4.84. The number of nitrogens with two attached hydrogens (primary N) is 1. The van der Waals surface area contributed by atoms with Crippen molar-refractivity contribution in [2.75, 3.05) is 0 Å². The third-order valence-electron chi connectivity index (χ3n) is 1.50. The van der Waals surface area contributed by atoms with Gasteiger partial charge in [-0.25, -0.2) is 10.5 Å². The highest BCUT2D eigenvalue weighted by molar-refractivity contribution is 9.10. The highest BCUT2D eigenvalue weighted by Crippen LogP contribution is 2.34. The maximum absolute atomic E-state index is 12.1. The lowest BCUT2D eigenvalue weighted by Gasteiger charge is -2.11. The van der Waals surface area contributed by atoms with Crippen LogP contribution in [0.5, 0.6) is 5.75 Å². The van der Waals surface area contributed by atoms with Gasteiger partial charge in [0.25, 0.3) is 0 Å². The molecule has 0 saturated heterocycles. The topological polar surface area (TPSA) is 79.9 Å². The molecule has 0 radical (unpaired) electrons. The minimum absolute atomic E-state index is 0.176. The van der Waals surface area contributed by atoms with Gasteiger partial charge in [-0.1, -0.05) is 15.9 Å². The Bertz CT molecular complexity index is 437. The second kappa shape index (κ2) is 5.23. The number of rotatable bonds is 2. The first-order valence-electron chi connectivity index (χ1n) is 4.11. The molecule has 1 aromatic rings. The fraction of sp³-hybridized carbons (Fsp3) is 0.125. The van der Waals surface area contributed by atoms with Crippen LogP contribution in [0.4, 0.5) is 18.9 Å². The molecule has 5 nitrogen and oxygen atoms in total. The van der Waals surface area contributed by atoms with Crippen molar-refractivity contribution in [2.45, 2.75) is 6.36 Å². The average Bonchev–Trinajstić information content (AvgIpc) is 2.19. The standard InChI is InChI=1S/C8H7BrF3N3O2/c9-4-1-2-5(14-7(13)15-16)6(3-4)17-8(10,11)12/h1-3,16H,(H3,13,14,15). The van der Waals surface area contributed by atoms with E-state index < -0.39 is 18.1 Å². The van der Waals surface area contributed by atoms with Gasteiger partial charge in [0.15, 0.2) is 5.75 Å². The van der Waals surface area contributed by atoms with Crippen molar-refractivity contribution in [1.82, 2.24) is 5.48 Å². The lowest BCUT2D eigenvalue weighted by Crippen LogP contribution is -2.27. The minimum Gasteiger partial charge on any atom is -0.403 e. The molecule has 0 fully saturated rings. The number of nitrogens with zero attached hydrogens (tertiary/aromatic N) is 1. The Balaban J connectivity index is 3.13. The van der Waals surface area contributed by atoms with Crippen LogP contribution in [0.15, 0.2) is 27.7 Å². The first-order valence-corrected chi connectivity index (χ1v) is 4.90. The van der Waals surface area contributed by atoms with E-state index in [4.69, 9.17) is 10.9 Å². The lowest BCUT2D eigenvalue weighted by molar-refractivity contribution is -0.274. The zero-order valence-electron chi connectivity index (χ0n) is 8.12. The number of nitrogens with one attached hydrogen (secondary N) is 1. The highest BCUT2D eigenvalue weighted by atomic mass is 79.9. The van der Waals surface area contributed by atoms with Gasteiger partial charge in [0, 0.05) is 4.47 Å². The molecule has 0 aliphatic rings. The average molecular weight is 314 g/mol. The molecule has 17 heavy (non-hydrogen) atoms. The van der Waals surface area contributed by atoms with Gasteiger partial charge in [0.05, 0.1) is 0 Å². The van der Waals surface area contributed by atoms with Crippen molar-refractivity contribution in [2.24, 2.45) is 10.7 Å². The van der Waals surface area contributed by atoms with E-state index in [2.05, 4.69) is 25.7 Å². The third-order valence-corrected chi connectivity index (χ3v) is 2.00. The molecule has 0 saturated carbocycles. The van der Waals surface area contributed by atoms with Crippen LogP contribution in [-0.2, 0) is 0 Å². The molecule has 1 rings (SSSR count). The van der Waals surface area contributed by atoms with Gasteiger partial charge in [-0.3, -0.25) is 5.21 Å². The minimum atomic E-state index is -4.84. The first-order chi connectivity index (χ1) is 7.81. The summed E-state index contributed by atoms with van der Waals surface area (Å²) in [5.41, 5.74) is 6.44. The molecule has 0 aliphatic carbocycles. The second-order valence-electron chi connectivity index (χ2n) is 2.77. The molecule has 9 heteroatoms. The fourth-order valence-corrected chi connectivity index (χ4v) is 1.28. The third kappa shape index (κ3) is 4.49. The number of benzene rings is 1. The zero-order chi connectivity index (χ0) is 13.1. The van der Waals surface area contributed by atoms with Crippen molar-refractivity contribution in [3.8, 4) is 5.75 Å². The number of hydroxylamine groups is 1. The summed E-state index contributed by atoms with van der Waals surface area (Å²) in [5.74, 6) is -0.996. The fourth-order valence-electron chi connectivity index (χ4n) is 0.942. The maximum Gasteiger partial charge on any atom is 0.573 e. The van der Waals surface area contributed by atoms with Crippen LogP contribution < -0.4 is 16.0 Å². The lowest BCUT2D eigenvalue weighted by atomic mass is 10.3. The van der Waals surface area contributed by atoms with Crippen molar-refractivity contribution in [1.29, 1.82) is 0 Å². The Morgan fingerprint density at radius 1 is 1.47 bits per heavy atom. The number of hydrogen-bond acceptors (Lipinski definition) is 3. The Hall–Kier alpha value is -1.48. The molecular weight excluding hydrogens is 307 g/mol. The van der Waals surface area contributed by atoms with Crippen molar-refractivity contribution >= 4 is 27.6 Å². The van der Waals surface area contributed by atoms with Gasteiger partial charge in [-0.15, -0.1) is 13.2 Å². The number of alkyl halides is 3. The van der Waals surface area contributed by atoms with E-state index in [1.165, 1.54) is 17.6 Å². The van der Waals surface area contributed by atoms with E-state index in [1.54, 1.807) is 0 Å². The van der Waals surface area contributed by atoms with E-state index >= 15 is 0 Å². The normalized spacial score (nSPS) is 12.4. The Labute approximate surface area is 102 Å². The van der Waals surface area contributed by atoms with Crippen LogP contribution in [0.1, 0.15) is 0 Å². The van der Waals surface area contributed by atoms with E-state index in [0.29, 0.717) is 4.47 Å².